The number of carbonyl (C=O) groups is 1. The van der Waals surface area contributed by atoms with Crippen LogP contribution >= 0.6 is 0 Å². The van der Waals surface area contributed by atoms with Crippen molar-refractivity contribution in [1.29, 1.82) is 0 Å². The maximum absolute atomic E-state index is 12.3. The summed E-state index contributed by atoms with van der Waals surface area (Å²) in [7, 11) is 0. The van der Waals surface area contributed by atoms with E-state index < -0.39 is 12.1 Å². The van der Waals surface area contributed by atoms with Gasteiger partial charge in [-0.3, -0.25) is 4.79 Å². The van der Waals surface area contributed by atoms with Crippen LogP contribution in [0.2, 0.25) is 0 Å². The average Bonchev–Trinajstić information content (AvgIpc) is 3.01. The molecule has 0 saturated carbocycles. The molecule has 0 aromatic rings. The lowest BCUT2D eigenvalue weighted by atomic mass is 10.0. The topological polar surface area (TPSA) is 69.6 Å². The minimum Gasteiger partial charge on any atom is -0.394 e. The van der Waals surface area contributed by atoms with E-state index in [-0.39, 0.29) is 12.5 Å². The molecule has 1 amide bonds. The maximum Gasteiger partial charge on any atom is 0.220 e. The van der Waals surface area contributed by atoms with Crippen LogP contribution in [0.25, 0.3) is 0 Å². The third-order valence-corrected chi connectivity index (χ3v) is 7.48. The summed E-state index contributed by atoms with van der Waals surface area (Å²) in [5.41, 5.74) is 0. The Kier molecular flexibility index (Phi) is 32.6. The van der Waals surface area contributed by atoms with E-state index in [1.54, 1.807) is 0 Å². The van der Waals surface area contributed by atoms with Crippen LogP contribution in [-0.4, -0.2) is 34.9 Å². The highest BCUT2D eigenvalue weighted by Crippen LogP contribution is 2.13. The zero-order valence-electron chi connectivity index (χ0n) is 27.9. The van der Waals surface area contributed by atoms with Crippen LogP contribution in [0.1, 0.15) is 149 Å². The summed E-state index contributed by atoms with van der Waals surface area (Å²) in [5, 5.41) is 22.9. The number of hydrogen-bond acceptors (Lipinski definition) is 3. The fourth-order valence-electron chi connectivity index (χ4n) is 4.77. The van der Waals surface area contributed by atoms with E-state index in [9.17, 15) is 15.0 Å². The number of nitrogens with one attached hydrogen (secondary N) is 1. The molecule has 0 spiro atoms. The van der Waals surface area contributed by atoms with Crippen LogP contribution in [0.5, 0.6) is 0 Å². The van der Waals surface area contributed by atoms with Crippen molar-refractivity contribution >= 4 is 5.91 Å². The van der Waals surface area contributed by atoms with E-state index in [0.29, 0.717) is 12.8 Å². The number of carbonyl (C=O) groups excluding carboxylic acids is 1. The second-order valence-electron chi connectivity index (χ2n) is 11.6. The number of amides is 1. The molecule has 2 atom stereocenters. The van der Waals surface area contributed by atoms with E-state index >= 15 is 0 Å². The summed E-state index contributed by atoms with van der Waals surface area (Å²) >= 11 is 0. The summed E-state index contributed by atoms with van der Waals surface area (Å²) in [4.78, 5) is 12.3. The second-order valence-corrected chi connectivity index (χ2v) is 11.6. The number of aliphatic hydroxyl groups excluding tert-OH is 2. The Balaban J connectivity index is 3.74. The van der Waals surface area contributed by atoms with Crippen molar-refractivity contribution in [3.05, 3.63) is 72.9 Å². The highest BCUT2D eigenvalue weighted by atomic mass is 16.3. The molecule has 0 heterocycles. The predicted molar refractivity (Wildman–Crippen MR) is 188 cm³/mol. The smallest absolute Gasteiger partial charge is 0.220 e. The van der Waals surface area contributed by atoms with Gasteiger partial charge in [0.2, 0.25) is 5.91 Å². The first-order chi connectivity index (χ1) is 21.2. The van der Waals surface area contributed by atoms with Gasteiger partial charge in [0, 0.05) is 6.42 Å². The summed E-state index contributed by atoms with van der Waals surface area (Å²) in [6.07, 6.45) is 48.1. The maximum atomic E-state index is 12.3. The molecule has 0 rings (SSSR count). The Labute approximate surface area is 266 Å². The standard InChI is InChI=1S/C39H67NO3/c1-3-5-7-9-11-13-15-16-17-18-19-20-21-22-23-24-25-27-29-31-33-35-39(43)40-37(36-41)38(42)34-32-30-28-26-14-12-10-8-6-4-2/h5,7,11,13,16-17,19-20,22-23,25,27,37-38,41-42H,3-4,6,8-10,12,14-15,18,21,24,26,28-36H2,1-2H3,(H,40,43)/b7-5-,13-11-,17-16-,20-19-,23-22-,27-25-. The Morgan fingerprint density at radius 3 is 1.49 bits per heavy atom. The van der Waals surface area contributed by atoms with E-state index in [4.69, 9.17) is 0 Å². The molecule has 0 radical (unpaired) electrons. The van der Waals surface area contributed by atoms with Crippen LogP contribution < -0.4 is 5.32 Å². The monoisotopic (exact) mass is 598 g/mol. The van der Waals surface area contributed by atoms with Crippen LogP contribution in [0.4, 0.5) is 0 Å². The Morgan fingerprint density at radius 2 is 1.02 bits per heavy atom. The fraction of sp³-hybridized carbons (Fsp3) is 0.667. The van der Waals surface area contributed by atoms with Crippen molar-refractivity contribution in [1.82, 2.24) is 5.32 Å². The molecule has 0 aliphatic rings. The summed E-state index contributed by atoms with van der Waals surface area (Å²) < 4.78 is 0. The third kappa shape index (κ3) is 31.1. The lowest BCUT2D eigenvalue weighted by molar-refractivity contribution is -0.123. The van der Waals surface area contributed by atoms with Gasteiger partial charge in [-0.1, -0.05) is 151 Å². The largest absolute Gasteiger partial charge is 0.394 e. The minimum atomic E-state index is -0.679. The number of aliphatic hydroxyl groups is 2. The molecule has 0 saturated heterocycles. The zero-order chi connectivity index (χ0) is 31.5. The van der Waals surface area contributed by atoms with Crippen molar-refractivity contribution < 1.29 is 15.0 Å². The van der Waals surface area contributed by atoms with Crippen LogP contribution in [0.15, 0.2) is 72.9 Å². The first-order valence-electron chi connectivity index (χ1n) is 17.6. The molecular weight excluding hydrogens is 530 g/mol. The van der Waals surface area contributed by atoms with E-state index in [0.717, 1.165) is 70.6 Å². The fourth-order valence-corrected chi connectivity index (χ4v) is 4.77. The van der Waals surface area contributed by atoms with Crippen molar-refractivity contribution in [3.63, 3.8) is 0 Å². The Hall–Kier alpha value is -2.17. The van der Waals surface area contributed by atoms with Gasteiger partial charge in [0.25, 0.3) is 0 Å². The lowest BCUT2D eigenvalue weighted by Gasteiger charge is -2.22. The molecule has 0 aliphatic carbocycles. The molecule has 2 unspecified atom stereocenters. The van der Waals surface area contributed by atoms with E-state index in [1.807, 2.05) is 0 Å². The number of unbranched alkanes of at least 4 members (excludes halogenated alkanes) is 11. The van der Waals surface area contributed by atoms with Gasteiger partial charge < -0.3 is 15.5 Å². The van der Waals surface area contributed by atoms with Crippen LogP contribution in [0.3, 0.4) is 0 Å². The van der Waals surface area contributed by atoms with Gasteiger partial charge in [-0.15, -0.1) is 0 Å². The van der Waals surface area contributed by atoms with Crippen molar-refractivity contribution in [3.8, 4) is 0 Å². The molecule has 0 aliphatic heterocycles. The van der Waals surface area contributed by atoms with Crippen molar-refractivity contribution in [2.45, 2.75) is 161 Å². The highest BCUT2D eigenvalue weighted by Gasteiger charge is 2.19. The van der Waals surface area contributed by atoms with Gasteiger partial charge in [-0.05, 0) is 64.2 Å². The van der Waals surface area contributed by atoms with Crippen molar-refractivity contribution in [2.24, 2.45) is 0 Å². The number of hydrogen-bond donors (Lipinski definition) is 3. The first kappa shape index (κ1) is 40.8. The minimum absolute atomic E-state index is 0.0797. The number of rotatable bonds is 30. The molecule has 0 bridgehead atoms. The lowest BCUT2D eigenvalue weighted by Crippen LogP contribution is -2.45. The van der Waals surface area contributed by atoms with Crippen LogP contribution in [0, 0.1) is 0 Å². The Morgan fingerprint density at radius 1 is 0.581 bits per heavy atom. The summed E-state index contributed by atoms with van der Waals surface area (Å²) in [6.45, 7) is 4.18. The highest BCUT2D eigenvalue weighted by molar-refractivity contribution is 5.76. The van der Waals surface area contributed by atoms with Gasteiger partial charge in [0.15, 0.2) is 0 Å². The quantitative estimate of drug-likeness (QED) is 0.0570. The van der Waals surface area contributed by atoms with E-state index in [2.05, 4.69) is 92.1 Å². The summed E-state index contributed by atoms with van der Waals surface area (Å²) in [5.74, 6) is -0.0797. The van der Waals surface area contributed by atoms with Gasteiger partial charge in [-0.2, -0.15) is 0 Å². The number of allylic oxidation sites excluding steroid dienone is 12. The molecule has 4 nitrogen and oxygen atoms in total. The van der Waals surface area contributed by atoms with Gasteiger partial charge in [-0.25, -0.2) is 0 Å². The van der Waals surface area contributed by atoms with Gasteiger partial charge in [0.05, 0.1) is 18.8 Å². The van der Waals surface area contributed by atoms with Crippen LogP contribution in [-0.2, 0) is 4.79 Å². The molecule has 0 fully saturated rings. The summed E-state index contributed by atoms with van der Waals surface area (Å²) in [6, 6.07) is -0.561. The molecule has 3 N–H and O–H groups in total. The second kappa shape index (κ2) is 34.3. The third-order valence-electron chi connectivity index (χ3n) is 7.48. The molecule has 43 heavy (non-hydrogen) atoms. The molecule has 4 heteroatoms. The predicted octanol–water partition coefficient (Wildman–Crippen LogP) is 10.4. The molecule has 0 aromatic carbocycles. The molecule has 246 valence electrons. The zero-order valence-corrected chi connectivity index (χ0v) is 27.9. The average molecular weight is 598 g/mol. The first-order valence-corrected chi connectivity index (χ1v) is 17.6. The molecular formula is C39H67NO3. The normalized spacial score (nSPS) is 14.0. The van der Waals surface area contributed by atoms with Gasteiger partial charge in [0.1, 0.15) is 0 Å². The van der Waals surface area contributed by atoms with Crippen molar-refractivity contribution in [2.75, 3.05) is 6.61 Å². The Bertz CT molecular complexity index is 777. The molecule has 0 aromatic heterocycles. The van der Waals surface area contributed by atoms with E-state index in [1.165, 1.54) is 51.4 Å². The SMILES string of the molecule is CC/C=C\C/C=C\C/C=C\C/C=C\C/C=C\C/C=C\CCCCC(=O)NC(CO)C(O)CCCCCCCCCCCC. The van der Waals surface area contributed by atoms with Gasteiger partial charge >= 0.3 is 0 Å².